The SMILES string of the molecule is CNC(CCN(C)CC(C)(C)C)c1ccc(Cl)cc1. The van der Waals surface area contributed by atoms with Gasteiger partial charge in [-0.3, -0.25) is 0 Å². The zero-order valence-electron chi connectivity index (χ0n) is 12.8. The maximum atomic E-state index is 5.93. The zero-order valence-corrected chi connectivity index (χ0v) is 13.6. The van der Waals surface area contributed by atoms with Crippen molar-refractivity contribution in [3.05, 3.63) is 34.9 Å². The monoisotopic (exact) mass is 282 g/mol. The van der Waals surface area contributed by atoms with Gasteiger partial charge >= 0.3 is 0 Å². The average Bonchev–Trinajstić information content (AvgIpc) is 2.29. The molecule has 1 aromatic rings. The summed E-state index contributed by atoms with van der Waals surface area (Å²) in [4.78, 5) is 2.40. The van der Waals surface area contributed by atoms with Gasteiger partial charge in [0.2, 0.25) is 0 Å². The zero-order chi connectivity index (χ0) is 14.5. The normalized spacial score (nSPS) is 13.8. The lowest BCUT2D eigenvalue weighted by Gasteiger charge is -2.28. The molecule has 0 bridgehead atoms. The van der Waals surface area contributed by atoms with Gasteiger partial charge in [-0.1, -0.05) is 44.5 Å². The molecule has 0 aromatic heterocycles. The fourth-order valence-electron chi connectivity index (χ4n) is 2.41. The van der Waals surface area contributed by atoms with E-state index in [1.165, 1.54) is 5.56 Å². The number of hydrogen-bond acceptors (Lipinski definition) is 2. The van der Waals surface area contributed by atoms with Crippen molar-refractivity contribution in [2.75, 3.05) is 27.2 Å². The summed E-state index contributed by atoms with van der Waals surface area (Å²) in [6.45, 7) is 9.03. The van der Waals surface area contributed by atoms with Crippen LogP contribution in [0.5, 0.6) is 0 Å². The molecule has 1 N–H and O–H groups in total. The topological polar surface area (TPSA) is 15.3 Å². The minimum atomic E-state index is 0.351. The van der Waals surface area contributed by atoms with Gasteiger partial charge in [0.1, 0.15) is 0 Å². The summed E-state index contributed by atoms with van der Waals surface area (Å²) < 4.78 is 0. The smallest absolute Gasteiger partial charge is 0.0406 e. The van der Waals surface area contributed by atoms with Crippen LogP contribution in [0.2, 0.25) is 5.02 Å². The molecule has 108 valence electrons. The predicted octanol–water partition coefficient (Wildman–Crippen LogP) is 3.97. The largest absolute Gasteiger partial charge is 0.313 e. The summed E-state index contributed by atoms with van der Waals surface area (Å²) in [7, 11) is 4.21. The van der Waals surface area contributed by atoms with Crippen molar-refractivity contribution in [2.24, 2.45) is 5.41 Å². The van der Waals surface area contributed by atoms with Crippen LogP contribution in [0, 0.1) is 5.41 Å². The van der Waals surface area contributed by atoms with Crippen molar-refractivity contribution >= 4 is 11.6 Å². The standard InChI is InChI=1S/C16H27ClN2/c1-16(2,3)12-19(5)11-10-15(18-4)13-6-8-14(17)9-7-13/h6-9,15,18H,10-12H2,1-5H3. The number of hydrogen-bond donors (Lipinski definition) is 1. The van der Waals surface area contributed by atoms with Crippen LogP contribution >= 0.6 is 11.6 Å². The van der Waals surface area contributed by atoms with Gasteiger partial charge in [0, 0.05) is 17.6 Å². The van der Waals surface area contributed by atoms with E-state index >= 15 is 0 Å². The lowest BCUT2D eigenvalue weighted by atomic mass is 9.96. The molecular weight excluding hydrogens is 256 g/mol. The summed E-state index contributed by atoms with van der Waals surface area (Å²) in [5.41, 5.74) is 1.65. The van der Waals surface area contributed by atoms with Crippen molar-refractivity contribution in [3.63, 3.8) is 0 Å². The van der Waals surface area contributed by atoms with E-state index in [9.17, 15) is 0 Å². The molecule has 1 rings (SSSR count). The Balaban J connectivity index is 2.51. The maximum absolute atomic E-state index is 5.93. The highest BCUT2D eigenvalue weighted by molar-refractivity contribution is 6.30. The Morgan fingerprint density at radius 1 is 1.21 bits per heavy atom. The molecule has 0 aliphatic rings. The Labute approximate surface area is 123 Å². The third-order valence-electron chi connectivity index (χ3n) is 3.16. The molecule has 1 unspecified atom stereocenters. The summed E-state index contributed by atoms with van der Waals surface area (Å²) in [5, 5.41) is 4.18. The van der Waals surface area contributed by atoms with E-state index in [1.54, 1.807) is 0 Å². The molecule has 0 saturated heterocycles. The summed E-state index contributed by atoms with van der Waals surface area (Å²) in [6.07, 6.45) is 1.10. The second kappa shape index (κ2) is 7.28. The number of nitrogens with zero attached hydrogens (tertiary/aromatic N) is 1. The quantitative estimate of drug-likeness (QED) is 0.849. The van der Waals surface area contributed by atoms with Gasteiger partial charge in [0.25, 0.3) is 0 Å². The highest BCUT2D eigenvalue weighted by Gasteiger charge is 2.15. The van der Waals surface area contributed by atoms with Gasteiger partial charge in [-0.25, -0.2) is 0 Å². The maximum Gasteiger partial charge on any atom is 0.0406 e. The second-order valence-corrected chi connectivity index (χ2v) is 6.92. The molecule has 0 amide bonds. The Bertz CT molecular complexity index is 367. The minimum Gasteiger partial charge on any atom is -0.313 e. The van der Waals surface area contributed by atoms with Crippen molar-refractivity contribution in [2.45, 2.75) is 33.2 Å². The van der Waals surface area contributed by atoms with Crippen LogP contribution in [0.4, 0.5) is 0 Å². The van der Waals surface area contributed by atoms with E-state index in [2.05, 4.69) is 50.2 Å². The summed E-state index contributed by atoms with van der Waals surface area (Å²) in [6, 6.07) is 8.51. The van der Waals surface area contributed by atoms with E-state index in [1.807, 2.05) is 19.2 Å². The van der Waals surface area contributed by atoms with Gasteiger partial charge in [-0.05, 0) is 50.2 Å². The molecule has 0 heterocycles. The highest BCUT2D eigenvalue weighted by Crippen LogP contribution is 2.20. The molecule has 3 heteroatoms. The van der Waals surface area contributed by atoms with Crippen molar-refractivity contribution < 1.29 is 0 Å². The first kappa shape index (κ1) is 16.5. The van der Waals surface area contributed by atoms with E-state index in [0.29, 0.717) is 11.5 Å². The van der Waals surface area contributed by atoms with Crippen LogP contribution in [0.25, 0.3) is 0 Å². The Kier molecular flexibility index (Phi) is 6.31. The molecule has 0 aliphatic carbocycles. The highest BCUT2D eigenvalue weighted by atomic mass is 35.5. The van der Waals surface area contributed by atoms with Gasteiger partial charge in [-0.15, -0.1) is 0 Å². The summed E-state index contributed by atoms with van der Waals surface area (Å²) >= 11 is 5.93. The molecule has 0 saturated carbocycles. The Morgan fingerprint density at radius 3 is 2.26 bits per heavy atom. The van der Waals surface area contributed by atoms with Crippen LogP contribution in [-0.4, -0.2) is 32.1 Å². The predicted molar refractivity (Wildman–Crippen MR) is 84.8 cm³/mol. The van der Waals surface area contributed by atoms with Gasteiger partial charge < -0.3 is 10.2 Å². The first-order chi connectivity index (χ1) is 8.81. The van der Waals surface area contributed by atoms with Gasteiger partial charge in [0.15, 0.2) is 0 Å². The molecule has 1 aromatic carbocycles. The van der Waals surface area contributed by atoms with Crippen LogP contribution in [-0.2, 0) is 0 Å². The third-order valence-corrected chi connectivity index (χ3v) is 3.42. The first-order valence-electron chi connectivity index (χ1n) is 6.93. The van der Waals surface area contributed by atoms with E-state index < -0.39 is 0 Å². The molecule has 19 heavy (non-hydrogen) atoms. The fourth-order valence-corrected chi connectivity index (χ4v) is 2.54. The van der Waals surface area contributed by atoms with Crippen LogP contribution in [0.3, 0.4) is 0 Å². The summed E-state index contributed by atoms with van der Waals surface area (Å²) in [5.74, 6) is 0. The average molecular weight is 283 g/mol. The van der Waals surface area contributed by atoms with Gasteiger partial charge in [0.05, 0.1) is 0 Å². The Hall–Kier alpha value is -0.570. The number of nitrogens with one attached hydrogen (secondary N) is 1. The van der Waals surface area contributed by atoms with Crippen molar-refractivity contribution in [3.8, 4) is 0 Å². The third kappa shape index (κ3) is 6.42. The van der Waals surface area contributed by atoms with Gasteiger partial charge in [-0.2, -0.15) is 0 Å². The first-order valence-corrected chi connectivity index (χ1v) is 7.31. The van der Waals surface area contributed by atoms with Crippen LogP contribution < -0.4 is 5.32 Å². The molecule has 0 spiro atoms. The molecule has 0 fully saturated rings. The molecule has 1 atom stereocenters. The van der Waals surface area contributed by atoms with Crippen molar-refractivity contribution in [1.82, 2.24) is 10.2 Å². The van der Waals surface area contributed by atoms with Crippen molar-refractivity contribution in [1.29, 1.82) is 0 Å². The second-order valence-electron chi connectivity index (χ2n) is 6.48. The Morgan fingerprint density at radius 2 is 1.79 bits per heavy atom. The fraction of sp³-hybridized carbons (Fsp3) is 0.625. The van der Waals surface area contributed by atoms with E-state index in [4.69, 9.17) is 11.6 Å². The van der Waals surface area contributed by atoms with Crippen LogP contribution in [0.1, 0.15) is 38.8 Å². The number of rotatable bonds is 6. The van der Waals surface area contributed by atoms with Crippen LogP contribution in [0.15, 0.2) is 24.3 Å². The molecular formula is C16H27ClN2. The molecule has 2 nitrogen and oxygen atoms in total. The lowest BCUT2D eigenvalue weighted by Crippen LogP contribution is -2.32. The minimum absolute atomic E-state index is 0.351. The molecule has 0 radical (unpaired) electrons. The van der Waals surface area contributed by atoms with E-state index in [-0.39, 0.29) is 0 Å². The molecule has 0 aliphatic heterocycles. The number of halogens is 1. The number of benzene rings is 1. The van der Waals surface area contributed by atoms with E-state index in [0.717, 1.165) is 24.5 Å². The lowest BCUT2D eigenvalue weighted by molar-refractivity contribution is 0.218.